The Balaban J connectivity index is 0.000000180. The summed E-state index contributed by atoms with van der Waals surface area (Å²) in [7, 11) is 3.93. The van der Waals surface area contributed by atoms with Gasteiger partial charge in [-0.3, -0.25) is 19.4 Å². The second-order valence-electron chi connectivity index (χ2n) is 10.0. The number of fused-ring (bicyclic) bond motifs is 4. The highest BCUT2D eigenvalue weighted by Gasteiger charge is 2.51. The Morgan fingerprint density at radius 2 is 1.35 bits per heavy atom. The van der Waals surface area contributed by atoms with Crippen molar-refractivity contribution >= 4 is 17.9 Å². The lowest BCUT2D eigenvalue weighted by molar-refractivity contribution is -0.153. The molecule has 1 aromatic carbocycles. The molecule has 4 heterocycles. The van der Waals surface area contributed by atoms with Gasteiger partial charge in [0, 0.05) is 30.6 Å². The predicted molar refractivity (Wildman–Crippen MR) is 122 cm³/mol. The summed E-state index contributed by atoms with van der Waals surface area (Å²) in [5, 5.41) is 28.1. The summed E-state index contributed by atoms with van der Waals surface area (Å²) in [4.78, 5) is 38.9. The Morgan fingerprint density at radius 1 is 0.824 bits per heavy atom. The molecular weight excluding hydrogens is 440 g/mol. The maximum atomic E-state index is 12.2. The lowest BCUT2D eigenvalue weighted by atomic mass is 9.87. The zero-order chi connectivity index (χ0) is 24.6. The van der Waals surface area contributed by atoms with Gasteiger partial charge in [-0.15, -0.1) is 0 Å². The first-order valence-corrected chi connectivity index (χ1v) is 12.0. The molecular formula is C25H34N2O7. The third-order valence-electron chi connectivity index (χ3n) is 8.29. The van der Waals surface area contributed by atoms with Crippen LogP contribution >= 0.6 is 0 Å². The van der Waals surface area contributed by atoms with Gasteiger partial charge in [-0.2, -0.15) is 0 Å². The number of carbonyl (C=O) groups excluding carboxylic acids is 1. The zero-order valence-corrected chi connectivity index (χ0v) is 19.6. The summed E-state index contributed by atoms with van der Waals surface area (Å²) in [5.74, 6) is -3.39. The zero-order valence-electron chi connectivity index (χ0n) is 19.6. The van der Waals surface area contributed by atoms with Gasteiger partial charge in [0.2, 0.25) is 0 Å². The molecule has 9 nitrogen and oxygen atoms in total. The number of benzene rings is 1. The highest BCUT2D eigenvalue weighted by Crippen LogP contribution is 2.40. The fourth-order valence-corrected chi connectivity index (χ4v) is 6.41. The van der Waals surface area contributed by atoms with Crippen molar-refractivity contribution < 1.29 is 34.4 Å². The van der Waals surface area contributed by atoms with Crippen LogP contribution < -0.4 is 0 Å². The van der Waals surface area contributed by atoms with Gasteiger partial charge in [-0.05, 0) is 58.3 Å². The van der Waals surface area contributed by atoms with Gasteiger partial charge in [-0.25, -0.2) is 4.79 Å². The van der Waals surface area contributed by atoms with Crippen LogP contribution in [-0.2, 0) is 14.3 Å². The van der Waals surface area contributed by atoms with Gasteiger partial charge < -0.3 is 20.1 Å². The van der Waals surface area contributed by atoms with E-state index in [1.54, 1.807) is 24.3 Å². The molecule has 4 fully saturated rings. The third kappa shape index (κ3) is 4.69. The number of aliphatic hydroxyl groups excluding tert-OH is 1. The number of aliphatic carboxylic acids is 2. The number of carboxylic acids is 2. The van der Waals surface area contributed by atoms with Gasteiger partial charge in [-0.1, -0.05) is 18.2 Å². The molecule has 0 amide bonds. The molecule has 8 atom stereocenters. The van der Waals surface area contributed by atoms with Crippen LogP contribution in [0.3, 0.4) is 0 Å². The lowest BCUT2D eigenvalue weighted by Gasteiger charge is -2.40. The van der Waals surface area contributed by atoms with Crippen LogP contribution in [0.2, 0.25) is 0 Å². The molecule has 0 saturated carbocycles. The fraction of sp³-hybridized carbons (Fsp3) is 0.640. The van der Waals surface area contributed by atoms with Crippen molar-refractivity contribution in [3.05, 3.63) is 35.9 Å². The molecule has 0 aliphatic carbocycles. The van der Waals surface area contributed by atoms with Crippen LogP contribution in [0.15, 0.2) is 30.3 Å². The molecule has 9 heteroatoms. The van der Waals surface area contributed by atoms with Gasteiger partial charge in [0.1, 0.15) is 12.0 Å². The van der Waals surface area contributed by atoms with Crippen molar-refractivity contribution in [3.8, 4) is 0 Å². The number of hydrogen-bond donors (Lipinski definition) is 3. The monoisotopic (exact) mass is 474 g/mol. The number of piperidine rings is 2. The van der Waals surface area contributed by atoms with Crippen LogP contribution in [0.5, 0.6) is 0 Å². The quantitative estimate of drug-likeness (QED) is 0.559. The van der Waals surface area contributed by atoms with E-state index in [0.29, 0.717) is 30.5 Å². The van der Waals surface area contributed by atoms with Crippen molar-refractivity contribution in [1.29, 1.82) is 0 Å². The maximum absolute atomic E-state index is 12.2. The van der Waals surface area contributed by atoms with Crippen LogP contribution in [0.25, 0.3) is 0 Å². The highest BCUT2D eigenvalue weighted by molar-refractivity contribution is 5.89. The molecule has 3 unspecified atom stereocenters. The van der Waals surface area contributed by atoms with E-state index >= 15 is 0 Å². The van der Waals surface area contributed by atoms with Gasteiger partial charge in [0.05, 0.1) is 17.6 Å². The Hall–Kier alpha value is -2.49. The molecule has 0 spiro atoms. The number of carboxylic acid groups (broad SMARTS) is 2. The van der Waals surface area contributed by atoms with Gasteiger partial charge in [0.15, 0.2) is 0 Å². The average molecular weight is 475 g/mol. The molecule has 4 bridgehead atoms. The fourth-order valence-electron chi connectivity index (χ4n) is 6.41. The minimum atomic E-state index is -0.877. The summed E-state index contributed by atoms with van der Waals surface area (Å²) in [6.07, 6.45) is 3.81. The second kappa shape index (κ2) is 10.0. The topological polar surface area (TPSA) is 128 Å². The minimum Gasteiger partial charge on any atom is -0.481 e. The smallest absolute Gasteiger partial charge is 0.338 e. The lowest BCUT2D eigenvalue weighted by Crippen LogP contribution is -2.53. The van der Waals surface area contributed by atoms with E-state index in [0.717, 1.165) is 25.7 Å². The second-order valence-corrected chi connectivity index (χ2v) is 10.0. The van der Waals surface area contributed by atoms with Crippen LogP contribution in [0, 0.1) is 11.8 Å². The summed E-state index contributed by atoms with van der Waals surface area (Å²) in [6, 6.07) is 9.46. The molecule has 0 radical (unpaired) electrons. The van der Waals surface area contributed by atoms with Crippen LogP contribution in [0.1, 0.15) is 48.9 Å². The molecule has 3 N–H and O–H groups in total. The van der Waals surface area contributed by atoms with E-state index in [1.807, 2.05) is 20.2 Å². The van der Waals surface area contributed by atoms with Crippen molar-refractivity contribution in [1.82, 2.24) is 9.80 Å². The van der Waals surface area contributed by atoms with Crippen molar-refractivity contribution in [2.24, 2.45) is 11.8 Å². The molecule has 4 saturated heterocycles. The highest BCUT2D eigenvalue weighted by atomic mass is 16.5. The number of nitrogens with zero attached hydrogens (tertiary/aromatic N) is 2. The summed E-state index contributed by atoms with van der Waals surface area (Å²) >= 11 is 0. The molecule has 0 aromatic heterocycles. The van der Waals surface area contributed by atoms with E-state index in [2.05, 4.69) is 9.80 Å². The Morgan fingerprint density at radius 3 is 1.91 bits per heavy atom. The molecule has 186 valence electrons. The molecule has 5 rings (SSSR count). The number of aliphatic hydroxyl groups is 1. The Labute approximate surface area is 199 Å². The van der Waals surface area contributed by atoms with Gasteiger partial charge in [0.25, 0.3) is 0 Å². The van der Waals surface area contributed by atoms with Crippen molar-refractivity contribution in [2.75, 3.05) is 14.1 Å². The summed E-state index contributed by atoms with van der Waals surface area (Å²) in [5.41, 5.74) is 0.466. The van der Waals surface area contributed by atoms with Gasteiger partial charge >= 0.3 is 17.9 Å². The number of rotatable bonds is 4. The Kier molecular flexibility index (Phi) is 7.25. The molecule has 4 aliphatic rings. The van der Waals surface area contributed by atoms with Crippen LogP contribution in [-0.4, -0.2) is 93.5 Å². The first-order valence-electron chi connectivity index (χ1n) is 12.0. The summed E-state index contributed by atoms with van der Waals surface area (Å²) in [6.45, 7) is 0. The Bertz CT molecular complexity index is 910. The number of hydrogen-bond acceptors (Lipinski definition) is 7. The number of carbonyl (C=O) groups is 3. The molecule has 1 aromatic rings. The molecule has 4 aliphatic heterocycles. The van der Waals surface area contributed by atoms with Crippen LogP contribution in [0.4, 0.5) is 0 Å². The standard InChI is InChI=1S/C16H19NO4.C9H15NO3/c1-17-11-7-8-12(17)14(15(18)19)13(9-11)21-16(20)10-5-3-2-4-6-10;1-10-5-2-3-6(10)8(9(12)13)7(11)4-5/h2-6,11-14H,7-9H2,1H3,(H,18,19);5-8,11H,2-4H2,1H3,(H,12,13)/t11-,12+,13-,14+;5?,6?,7-,8?/m00/s1. The van der Waals surface area contributed by atoms with E-state index in [9.17, 15) is 24.6 Å². The first kappa shape index (κ1) is 24.6. The minimum absolute atomic E-state index is 0.0326. The number of esters is 1. The SMILES string of the molecule is CN1C2CCC1C(C(=O)O)[C@@H](O)C2.CN1[C@H]2CC[C@@H]1[C@@H](C(=O)O)[C@@H](OC(=O)c1ccccc1)C2. The largest absolute Gasteiger partial charge is 0.481 e. The van der Waals surface area contributed by atoms with E-state index < -0.39 is 42.0 Å². The predicted octanol–water partition coefficient (Wildman–Crippen LogP) is 1.69. The third-order valence-corrected chi connectivity index (χ3v) is 8.29. The van der Waals surface area contributed by atoms with E-state index in [1.165, 1.54) is 0 Å². The van der Waals surface area contributed by atoms with E-state index in [4.69, 9.17) is 9.84 Å². The number of ether oxygens (including phenoxy) is 1. The van der Waals surface area contributed by atoms with E-state index in [-0.39, 0.29) is 12.1 Å². The summed E-state index contributed by atoms with van der Waals surface area (Å²) < 4.78 is 5.53. The normalized spacial score (nSPS) is 36.9. The average Bonchev–Trinajstić information content (AvgIpc) is 3.16. The molecule has 34 heavy (non-hydrogen) atoms. The van der Waals surface area contributed by atoms with Crippen molar-refractivity contribution in [2.45, 2.75) is 74.9 Å². The van der Waals surface area contributed by atoms with Crippen molar-refractivity contribution in [3.63, 3.8) is 0 Å². The maximum Gasteiger partial charge on any atom is 0.338 e. The first-order chi connectivity index (χ1) is 16.2.